The number of Topliss-reactive ketones (excluding diaryl/α,β-unsaturated/α-hetero) is 1. The van der Waals surface area contributed by atoms with Crippen LogP contribution in [0, 0.1) is 0 Å². The summed E-state index contributed by atoms with van der Waals surface area (Å²) in [6, 6.07) is 5.38. The standard InChI is InChI=1S/C15H16F3NO6/c1-14(2,25-12(21)15(16,17)18)11(20)9-3-5-10(6-4-9)23-7-8-24-13(19)22/h3-6H,7-8H2,1-2H3,(H2,19,22). The van der Waals surface area contributed by atoms with Crippen molar-refractivity contribution in [3.8, 4) is 5.75 Å². The fourth-order valence-corrected chi connectivity index (χ4v) is 1.69. The van der Waals surface area contributed by atoms with Gasteiger partial charge in [0.25, 0.3) is 0 Å². The minimum Gasteiger partial charge on any atom is -0.490 e. The molecule has 138 valence electrons. The van der Waals surface area contributed by atoms with E-state index in [4.69, 9.17) is 10.5 Å². The van der Waals surface area contributed by atoms with E-state index in [2.05, 4.69) is 9.47 Å². The first kappa shape index (κ1) is 20.3. The number of halogens is 3. The molecule has 0 fully saturated rings. The van der Waals surface area contributed by atoms with Gasteiger partial charge in [-0.3, -0.25) is 4.79 Å². The highest BCUT2D eigenvalue weighted by Crippen LogP contribution is 2.24. The van der Waals surface area contributed by atoms with Gasteiger partial charge in [-0.1, -0.05) is 0 Å². The van der Waals surface area contributed by atoms with Crippen LogP contribution < -0.4 is 10.5 Å². The van der Waals surface area contributed by atoms with Crippen LogP contribution in [0.4, 0.5) is 18.0 Å². The molecule has 1 rings (SSSR count). The van der Waals surface area contributed by atoms with Gasteiger partial charge in [0.15, 0.2) is 5.60 Å². The topological polar surface area (TPSA) is 105 Å². The van der Waals surface area contributed by atoms with E-state index >= 15 is 0 Å². The van der Waals surface area contributed by atoms with Crippen molar-refractivity contribution in [3.05, 3.63) is 29.8 Å². The lowest BCUT2D eigenvalue weighted by atomic mass is 9.96. The number of rotatable bonds is 7. The number of primary amides is 1. The first-order chi connectivity index (χ1) is 11.4. The third kappa shape index (κ3) is 6.32. The summed E-state index contributed by atoms with van der Waals surface area (Å²) >= 11 is 0. The van der Waals surface area contributed by atoms with Gasteiger partial charge in [-0.25, -0.2) is 9.59 Å². The molecular formula is C15H16F3NO6. The average molecular weight is 363 g/mol. The zero-order valence-electron chi connectivity index (χ0n) is 13.4. The van der Waals surface area contributed by atoms with Gasteiger partial charge in [-0.05, 0) is 38.1 Å². The molecule has 0 aromatic heterocycles. The minimum atomic E-state index is -5.19. The van der Waals surface area contributed by atoms with E-state index in [-0.39, 0.29) is 18.8 Å². The highest BCUT2D eigenvalue weighted by Gasteiger charge is 2.46. The largest absolute Gasteiger partial charge is 0.490 e. The lowest BCUT2D eigenvalue weighted by Gasteiger charge is -2.24. The molecule has 0 aliphatic carbocycles. The second kappa shape index (κ2) is 7.86. The first-order valence-corrected chi connectivity index (χ1v) is 6.93. The lowest BCUT2D eigenvalue weighted by molar-refractivity contribution is -0.207. The Kier molecular flexibility index (Phi) is 6.37. The van der Waals surface area contributed by atoms with Crippen LogP contribution in [0.1, 0.15) is 24.2 Å². The van der Waals surface area contributed by atoms with Crippen LogP contribution in [0.2, 0.25) is 0 Å². The second-order valence-corrected chi connectivity index (χ2v) is 5.27. The molecule has 0 saturated carbocycles. The number of alkyl halides is 3. The maximum absolute atomic E-state index is 12.3. The summed E-state index contributed by atoms with van der Waals surface area (Å²) in [5.41, 5.74) is 2.80. The third-order valence-electron chi connectivity index (χ3n) is 2.84. The molecule has 0 saturated heterocycles. The number of hydrogen-bond donors (Lipinski definition) is 1. The molecule has 7 nitrogen and oxygen atoms in total. The molecule has 10 heteroatoms. The van der Waals surface area contributed by atoms with E-state index < -0.39 is 29.6 Å². The van der Waals surface area contributed by atoms with Crippen molar-refractivity contribution in [2.75, 3.05) is 13.2 Å². The predicted molar refractivity (Wildman–Crippen MR) is 78.0 cm³/mol. The van der Waals surface area contributed by atoms with Crippen molar-refractivity contribution in [3.63, 3.8) is 0 Å². The van der Waals surface area contributed by atoms with E-state index in [1.807, 2.05) is 0 Å². The summed E-state index contributed by atoms with van der Waals surface area (Å²) < 4.78 is 50.7. The third-order valence-corrected chi connectivity index (χ3v) is 2.84. The zero-order valence-corrected chi connectivity index (χ0v) is 13.4. The number of benzene rings is 1. The van der Waals surface area contributed by atoms with Gasteiger partial charge >= 0.3 is 18.2 Å². The van der Waals surface area contributed by atoms with Gasteiger partial charge in [-0.15, -0.1) is 0 Å². The molecule has 2 N–H and O–H groups in total. The number of ketones is 1. The van der Waals surface area contributed by atoms with Crippen molar-refractivity contribution < 1.29 is 41.8 Å². The molecule has 1 aromatic rings. The Labute approximate surface area is 140 Å². The lowest BCUT2D eigenvalue weighted by Crippen LogP contribution is -2.41. The van der Waals surface area contributed by atoms with E-state index in [0.29, 0.717) is 5.75 Å². The summed E-state index contributed by atoms with van der Waals surface area (Å²) in [6.45, 7) is 2.07. The van der Waals surface area contributed by atoms with Gasteiger partial charge in [0.2, 0.25) is 5.78 Å². The van der Waals surface area contributed by atoms with Crippen molar-refractivity contribution in [2.24, 2.45) is 5.73 Å². The molecule has 25 heavy (non-hydrogen) atoms. The predicted octanol–water partition coefficient (Wildman–Crippen LogP) is 2.23. The molecule has 1 aromatic carbocycles. The highest BCUT2D eigenvalue weighted by atomic mass is 19.4. The Hall–Kier alpha value is -2.78. The Morgan fingerprint density at radius 1 is 1.04 bits per heavy atom. The number of esters is 1. The number of nitrogens with two attached hydrogens (primary N) is 1. The molecular weight excluding hydrogens is 347 g/mol. The van der Waals surface area contributed by atoms with Crippen LogP contribution in [0.3, 0.4) is 0 Å². The summed E-state index contributed by atoms with van der Waals surface area (Å²) in [7, 11) is 0. The van der Waals surface area contributed by atoms with Crippen LogP contribution in [0.15, 0.2) is 24.3 Å². The highest BCUT2D eigenvalue weighted by molar-refractivity contribution is 6.03. The number of ether oxygens (including phenoxy) is 3. The van der Waals surface area contributed by atoms with Gasteiger partial charge < -0.3 is 19.9 Å². The Morgan fingerprint density at radius 2 is 1.60 bits per heavy atom. The van der Waals surface area contributed by atoms with E-state index in [9.17, 15) is 27.6 Å². The van der Waals surface area contributed by atoms with Gasteiger partial charge in [0, 0.05) is 5.56 Å². The van der Waals surface area contributed by atoms with Gasteiger partial charge in [0.1, 0.15) is 19.0 Å². The quantitative estimate of drug-likeness (QED) is 0.452. The maximum atomic E-state index is 12.3. The molecule has 1 amide bonds. The van der Waals surface area contributed by atoms with E-state index in [1.54, 1.807) is 0 Å². The van der Waals surface area contributed by atoms with Crippen LogP contribution in [-0.2, 0) is 14.3 Å². The van der Waals surface area contributed by atoms with Crippen molar-refractivity contribution in [2.45, 2.75) is 25.6 Å². The van der Waals surface area contributed by atoms with E-state index in [1.165, 1.54) is 24.3 Å². The molecule has 0 bridgehead atoms. The average Bonchev–Trinajstić information content (AvgIpc) is 2.50. The van der Waals surface area contributed by atoms with Crippen molar-refractivity contribution in [1.82, 2.24) is 0 Å². The Morgan fingerprint density at radius 3 is 2.08 bits per heavy atom. The first-order valence-electron chi connectivity index (χ1n) is 6.93. The maximum Gasteiger partial charge on any atom is 0.490 e. The Balaban J connectivity index is 2.69. The number of carbonyl (C=O) groups excluding carboxylic acids is 3. The molecule has 0 aliphatic heterocycles. The summed E-state index contributed by atoms with van der Waals surface area (Å²) in [4.78, 5) is 33.5. The molecule has 0 unspecified atom stereocenters. The van der Waals surface area contributed by atoms with E-state index in [0.717, 1.165) is 13.8 Å². The van der Waals surface area contributed by atoms with Crippen LogP contribution in [-0.4, -0.2) is 42.8 Å². The van der Waals surface area contributed by atoms with Gasteiger partial charge in [-0.2, -0.15) is 13.2 Å². The minimum absolute atomic E-state index is 0.0188. The van der Waals surface area contributed by atoms with Crippen LogP contribution in [0.5, 0.6) is 5.75 Å². The second-order valence-electron chi connectivity index (χ2n) is 5.27. The molecule has 0 aliphatic rings. The van der Waals surface area contributed by atoms with Crippen molar-refractivity contribution in [1.29, 1.82) is 0 Å². The fourth-order valence-electron chi connectivity index (χ4n) is 1.69. The van der Waals surface area contributed by atoms with Crippen LogP contribution >= 0.6 is 0 Å². The number of hydrogen-bond acceptors (Lipinski definition) is 6. The zero-order chi connectivity index (χ0) is 19.3. The summed E-state index contributed by atoms with van der Waals surface area (Å²) in [6.07, 6.45) is -6.14. The number of amides is 1. The number of carbonyl (C=O) groups is 3. The van der Waals surface area contributed by atoms with Crippen LogP contribution in [0.25, 0.3) is 0 Å². The summed E-state index contributed by atoms with van der Waals surface area (Å²) in [5, 5.41) is 0. The monoisotopic (exact) mass is 363 g/mol. The summed E-state index contributed by atoms with van der Waals surface area (Å²) in [5.74, 6) is -2.93. The normalized spacial score (nSPS) is 11.6. The van der Waals surface area contributed by atoms with Gasteiger partial charge in [0.05, 0.1) is 0 Å². The SMILES string of the molecule is CC(C)(OC(=O)C(F)(F)F)C(=O)c1ccc(OCCOC(N)=O)cc1. The fraction of sp³-hybridized carbons (Fsp3) is 0.400. The van der Waals surface area contributed by atoms with Crippen molar-refractivity contribution >= 4 is 17.8 Å². The molecule has 0 atom stereocenters. The molecule has 0 spiro atoms. The molecule has 0 radical (unpaired) electrons. The Bertz CT molecular complexity index is 640. The molecule has 0 heterocycles. The smallest absolute Gasteiger partial charge is 0.490 e.